The molecule has 2 rings (SSSR count). The Morgan fingerprint density at radius 3 is 2.38 bits per heavy atom. The number of likely N-dealkylation sites (tertiary alicyclic amines) is 1. The van der Waals surface area contributed by atoms with Crippen molar-refractivity contribution in [2.75, 3.05) is 19.7 Å². The molecular weight excluding hydrogens is 471 g/mol. The van der Waals surface area contributed by atoms with Crippen LogP contribution in [0.15, 0.2) is 26.0 Å². The Balaban J connectivity index is 2.06. The highest BCUT2D eigenvalue weighted by atomic mass is 79.9. The van der Waals surface area contributed by atoms with Gasteiger partial charge in [0.1, 0.15) is 10.7 Å². The van der Waals surface area contributed by atoms with E-state index in [9.17, 15) is 17.6 Å². The van der Waals surface area contributed by atoms with Crippen molar-refractivity contribution in [2.45, 2.75) is 30.7 Å². The summed E-state index contributed by atoms with van der Waals surface area (Å²) in [6.07, 6.45) is 0.575. The first kappa shape index (κ1) is 19.6. The summed E-state index contributed by atoms with van der Waals surface area (Å²) in [4.78, 5) is 13.2. The van der Waals surface area contributed by atoms with E-state index in [2.05, 4.69) is 36.6 Å². The molecule has 0 aliphatic carbocycles. The zero-order valence-corrected chi connectivity index (χ0v) is 16.9. The molecule has 1 saturated heterocycles. The minimum absolute atomic E-state index is 0.0447. The molecule has 0 radical (unpaired) electrons. The summed E-state index contributed by atoms with van der Waals surface area (Å²) >= 11 is 6.17. The standard InChI is InChI=1S/C14H17Br2FN2O4S/c1-2-23-14(20)19-5-3-10(4-6-19)18-24(21,22)13-11(15)7-9(17)8-12(13)16/h7-8,10,18H,2-6H2,1H3. The van der Waals surface area contributed by atoms with Crippen LogP contribution in [0.2, 0.25) is 0 Å². The van der Waals surface area contributed by atoms with Crippen LogP contribution in [0.4, 0.5) is 9.18 Å². The predicted molar refractivity (Wildman–Crippen MR) is 93.7 cm³/mol. The third-order valence-electron chi connectivity index (χ3n) is 3.57. The van der Waals surface area contributed by atoms with Crippen LogP contribution in [0.25, 0.3) is 0 Å². The normalized spacial score (nSPS) is 16.2. The lowest BCUT2D eigenvalue weighted by Crippen LogP contribution is -2.46. The number of benzene rings is 1. The van der Waals surface area contributed by atoms with Gasteiger partial charge in [-0.2, -0.15) is 0 Å². The van der Waals surface area contributed by atoms with Crippen LogP contribution in [0.1, 0.15) is 19.8 Å². The van der Waals surface area contributed by atoms with Crippen LogP contribution in [0, 0.1) is 5.82 Å². The van der Waals surface area contributed by atoms with Gasteiger partial charge in [-0.05, 0) is 63.8 Å². The van der Waals surface area contributed by atoms with Crippen molar-refractivity contribution in [3.63, 3.8) is 0 Å². The second-order valence-corrected chi connectivity index (χ2v) is 8.64. The molecule has 0 spiro atoms. The van der Waals surface area contributed by atoms with E-state index in [0.29, 0.717) is 32.5 Å². The number of nitrogens with one attached hydrogen (secondary N) is 1. The number of hydrogen-bond donors (Lipinski definition) is 1. The molecule has 1 aliphatic rings. The van der Waals surface area contributed by atoms with E-state index >= 15 is 0 Å². The number of carbonyl (C=O) groups excluding carboxylic acids is 1. The van der Waals surface area contributed by atoms with Gasteiger partial charge in [0.2, 0.25) is 10.0 Å². The van der Waals surface area contributed by atoms with Gasteiger partial charge in [0.05, 0.1) is 6.61 Å². The molecule has 0 atom stereocenters. The largest absolute Gasteiger partial charge is 0.450 e. The SMILES string of the molecule is CCOC(=O)N1CCC(NS(=O)(=O)c2c(Br)cc(F)cc2Br)CC1. The van der Waals surface area contributed by atoms with E-state index in [-0.39, 0.29) is 26.0 Å². The molecule has 10 heteroatoms. The molecule has 0 aromatic heterocycles. The zero-order chi connectivity index (χ0) is 17.9. The van der Waals surface area contributed by atoms with Crippen LogP contribution in [-0.2, 0) is 14.8 Å². The Hall–Kier alpha value is -0.710. The van der Waals surface area contributed by atoms with Crippen molar-refractivity contribution in [1.82, 2.24) is 9.62 Å². The average molecular weight is 488 g/mol. The summed E-state index contributed by atoms with van der Waals surface area (Å²) in [5.74, 6) is -0.546. The molecule has 1 aromatic carbocycles. The highest BCUT2D eigenvalue weighted by Gasteiger charge is 2.29. The minimum atomic E-state index is -3.83. The third kappa shape index (κ3) is 4.68. The minimum Gasteiger partial charge on any atom is -0.450 e. The zero-order valence-electron chi connectivity index (χ0n) is 12.9. The highest BCUT2D eigenvalue weighted by molar-refractivity contribution is 9.11. The van der Waals surface area contributed by atoms with E-state index in [1.165, 1.54) is 0 Å². The first-order valence-corrected chi connectivity index (χ1v) is 10.4. The average Bonchev–Trinajstić information content (AvgIpc) is 2.46. The van der Waals surface area contributed by atoms with Gasteiger partial charge in [-0.3, -0.25) is 0 Å². The van der Waals surface area contributed by atoms with Crippen LogP contribution in [0.5, 0.6) is 0 Å². The second-order valence-electron chi connectivity index (χ2n) is 5.28. The summed E-state index contributed by atoms with van der Waals surface area (Å²) < 4.78 is 46.3. The maximum Gasteiger partial charge on any atom is 0.409 e. The maximum atomic E-state index is 13.3. The van der Waals surface area contributed by atoms with E-state index in [1.807, 2.05) is 0 Å². The molecule has 6 nitrogen and oxygen atoms in total. The fourth-order valence-electron chi connectivity index (χ4n) is 2.46. The van der Waals surface area contributed by atoms with Gasteiger partial charge in [0, 0.05) is 28.1 Å². The molecule has 0 saturated carbocycles. The number of sulfonamides is 1. The van der Waals surface area contributed by atoms with Crippen molar-refractivity contribution < 1.29 is 22.3 Å². The molecule has 1 aliphatic heterocycles. The Morgan fingerprint density at radius 1 is 1.33 bits per heavy atom. The lowest BCUT2D eigenvalue weighted by atomic mass is 10.1. The quantitative estimate of drug-likeness (QED) is 0.707. The number of nitrogens with zero attached hydrogens (tertiary/aromatic N) is 1. The van der Waals surface area contributed by atoms with Crippen LogP contribution in [-0.4, -0.2) is 45.1 Å². The van der Waals surface area contributed by atoms with Gasteiger partial charge in [0.25, 0.3) is 0 Å². The number of rotatable bonds is 4. The van der Waals surface area contributed by atoms with Crippen LogP contribution < -0.4 is 4.72 Å². The summed E-state index contributed by atoms with van der Waals surface area (Å²) in [5, 5.41) is 0. The maximum absolute atomic E-state index is 13.3. The van der Waals surface area contributed by atoms with Gasteiger partial charge < -0.3 is 9.64 Å². The monoisotopic (exact) mass is 486 g/mol. The molecule has 1 fully saturated rings. The number of amides is 1. The fraction of sp³-hybridized carbons (Fsp3) is 0.500. The number of ether oxygens (including phenoxy) is 1. The predicted octanol–water partition coefficient (Wildman–Crippen LogP) is 3.25. The van der Waals surface area contributed by atoms with Gasteiger partial charge in [-0.15, -0.1) is 0 Å². The Labute approximate surface area is 157 Å². The van der Waals surface area contributed by atoms with Crippen molar-refractivity contribution in [1.29, 1.82) is 0 Å². The smallest absolute Gasteiger partial charge is 0.409 e. The first-order valence-electron chi connectivity index (χ1n) is 7.33. The van der Waals surface area contributed by atoms with Gasteiger partial charge in [0.15, 0.2) is 0 Å². The number of halogens is 3. The number of hydrogen-bond acceptors (Lipinski definition) is 4. The van der Waals surface area contributed by atoms with Crippen LogP contribution >= 0.6 is 31.9 Å². The molecule has 1 amide bonds. The number of carbonyl (C=O) groups is 1. The van der Waals surface area contributed by atoms with Crippen molar-refractivity contribution in [2.24, 2.45) is 0 Å². The molecule has 0 bridgehead atoms. The molecular formula is C14H17Br2FN2O4S. The topological polar surface area (TPSA) is 75.7 Å². The van der Waals surface area contributed by atoms with Crippen molar-refractivity contribution >= 4 is 48.0 Å². The summed E-state index contributed by atoms with van der Waals surface area (Å²) in [6.45, 7) is 2.87. The Kier molecular flexibility index (Phi) is 6.63. The van der Waals surface area contributed by atoms with E-state index in [0.717, 1.165) is 12.1 Å². The van der Waals surface area contributed by atoms with Gasteiger partial charge in [-0.1, -0.05) is 0 Å². The summed E-state index contributed by atoms with van der Waals surface area (Å²) in [7, 11) is -3.83. The Bertz CT molecular complexity index is 698. The lowest BCUT2D eigenvalue weighted by Gasteiger charge is -2.31. The van der Waals surface area contributed by atoms with Crippen molar-refractivity contribution in [3.05, 3.63) is 26.9 Å². The summed E-state index contributed by atoms with van der Waals surface area (Å²) in [6, 6.07) is 1.90. The highest BCUT2D eigenvalue weighted by Crippen LogP contribution is 2.31. The van der Waals surface area contributed by atoms with E-state index < -0.39 is 15.8 Å². The molecule has 1 heterocycles. The second kappa shape index (κ2) is 8.11. The number of piperidine rings is 1. The molecule has 0 unspecified atom stereocenters. The van der Waals surface area contributed by atoms with Crippen LogP contribution in [0.3, 0.4) is 0 Å². The molecule has 134 valence electrons. The first-order chi connectivity index (χ1) is 11.2. The summed E-state index contributed by atoms with van der Waals surface area (Å²) in [5.41, 5.74) is 0. The third-order valence-corrected chi connectivity index (χ3v) is 6.97. The van der Waals surface area contributed by atoms with Crippen molar-refractivity contribution in [3.8, 4) is 0 Å². The molecule has 1 N–H and O–H groups in total. The van der Waals surface area contributed by atoms with Gasteiger partial charge in [-0.25, -0.2) is 22.3 Å². The fourth-order valence-corrected chi connectivity index (χ4v) is 6.29. The lowest BCUT2D eigenvalue weighted by molar-refractivity contribution is 0.0966. The van der Waals surface area contributed by atoms with E-state index in [1.54, 1.807) is 11.8 Å². The van der Waals surface area contributed by atoms with E-state index in [4.69, 9.17) is 4.74 Å². The molecule has 1 aromatic rings. The van der Waals surface area contributed by atoms with Gasteiger partial charge >= 0.3 is 6.09 Å². The Morgan fingerprint density at radius 2 is 1.88 bits per heavy atom. The molecule has 24 heavy (non-hydrogen) atoms.